The highest BCUT2D eigenvalue weighted by Crippen LogP contribution is 2.28. The summed E-state index contributed by atoms with van der Waals surface area (Å²) in [5, 5.41) is 18.2. The fourth-order valence-corrected chi connectivity index (χ4v) is 3.84. The van der Waals surface area contributed by atoms with Crippen LogP contribution in [0.25, 0.3) is 22.4 Å². The van der Waals surface area contributed by atoms with E-state index < -0.39 is 4.92 Å². The largest absolute Gasteiger partial charge is 0.454 e. The smallest absolute Gasteiger partial charge is 0.433 e. The number of benzene rings is 2. The molecule has 0 aliphatic heterocycles. The van der Waals surface area contributed by atoms with Gasteiger partial charge < -0.3 is 8.83 Å². The summed E-state index contributed by atoms with van der Waals surface area (Å²) >= 11 is 1.40. The van der Waals surface area contributed by atoms with E-state index in [2.05, 4.69) is 10.1 Å². The van der Waals surface area contributed by atoms with Crippen molar-refractivity contribution in [3.05, 3.63) is 98.9 Å². The van der Waals surface area contributed by atoms with Gasteiger partial charge in [-0.3, -0.25) is 10.1 Å². The summed E-state index contributed by atoms with van der Waals surface area (Å²) in [6.07, 6.45) is 1.41. The van der Waals surface area contributed by atoms with Crippen molar-refractivity contribution in [1.29, 1.82) is 0 Å². The summed E-state index contributed by atoms with van der Waals surface area (Å²) in [5.41, 5.74) is 2.24. The molecule has 0 aliphatic rings. The lowest BCUT2D eigenvalue weighted by atomic mass is 10.2. The molecule has 2 aromatic carbocycles. The third-order valence-corrected chi connectivity index (χ3v) is 5.25. The van der Waals surface area contributed by atoms with E-state index in [4.69, 9.17) is 8.83 Å². The van der Waals surface area contributed by atoms with Crippen LogP contribution in [-0.2, 0) is 0 Å². The number of hydrogen-bond acceptors (Lipinski definition) is 7. The first kappa shape index (κ1) is 18.8. The fourth-order valence-electron chi connectivity index (χ4n) is 3.00. The van der Waals surface area contributed by atoms with Gasteiger partial charge in [0.1, 0.15) is 16.2 Å². The van der Waals surface area contributed by atoms with Gasteiger partial charge in [0.15, 0.2) is 11.5 Å². The molecular weight excluding hydrogens is 416 g/mol. The molecule has 0 saturated carbocycles. The maximum atomic E-state index is 10.9. The molecule has 0 saturated heterocycles. The quantitative estimate of drug-likeness (QED) is 0.206. The third-order valence-electron chi connectivity index (χ3n) is 4.44. The standard InChI is InChI=1S/C22H14N4O4S/c27-26(28)21-11-10-17(29-21)13-23-25-18(20-12-15-6-4-5-9-19(15)30-20)14-31-22(25)24-16-7-2-1-3-8-16/h1-14H. The highest BCUT2D eigenvalue weighted by atomic mass is 32.1. The van der Waals surface area contributed by atoms with E-state index in [1.807, 2.05) is 66.0 Å². The van der Waals surface area contributed by atoms with E-state index in [-0.39, 0.29) is 11.6 Å². The van der Waals surface area contributed by atoms with Crippen LogP contribution in [0.3, 0.4) is 0 Å². The fraction of sp³-hybridized carbons (Fsp3) is 0. The number of nitrogens with zero attached hydrogens (tertiary/aromatic N) is 4. The molecule has 5 aromatic rings. The van der Waals surface area contributed by atoms with E-state index in [0.29, 0.717) is 16.3 Å². The zero-order valence-electron chi connectivity index (χ0n) is 15.9. The molecule has 31 heavy (non-hydrogen) atoms. The molecule has 0 aliphatic carbocycles. The molecule has 9 heteroatoms. The molecule has 0 atom stereocenters. The molecule has 8 nitrogen and oxygen atoms in total. The molecule has 0 unspecified atom stereocenters. The van der Waals surface area contributed by atoms with Gasteiger partial charge in [0.2, 0.25) is 4.80 Å². The lowest BCUT2D eigenvalue weighted by Gasteiger charge is -2.00. The van der Waals surface area contributed by atoms with Crippen LogP contribution in [-0.4, -0.2) is 15.8 Å². The first-order valence-electron chi connectivity index (χ1n) is 9.25. The predicted molar refractivity (Wildman–Crippen MR) is 118 cm³/mol. The van der Waals surface area contributed by atoms with Crippen LogP contribution in [0.1, 0.15) is 5.76 Å². The summed E-state index contributed by atoms with van der Waals surface area (Å²) in [4.78, 5) is 15.6. The highest BCUT2D eigenvalue weighted by Gasteiger charge is 2.14. The third kappa shape index (κ3) is 3.81. The minimum absolute atomic E-state index is 0.256. The maximum Gasteiger partial charge on any atom is 0.433 e. The van der Waals surface area contributed by atoms with Crippen molar-refractivity contribution >= 4 is 40.1 Å². The molecule has 0 fully saturated rings. The van der Waals surface area contributed by atoms with Crippen molar-refractivity contribution in [3.63, 3.8) is 0 Å². The summed E-state index contributed by atoms with van der Waals surface area (Å²) in [6, 6.07) is 22.0. The van der Waals surface area contributed by atoms with Crippen LogP contribution in [0.5, 0.6) is 0 Å². The van der Waals surface area contributed by atoms with E-state index in [9.17, 15) is 10.1 Å². The molecule has 0 radical (unpaired) electrons. The Morgan fingerprint density at radius 2 is 1.81 bits per heavy atom. The molecule has 0 bridgehead atoms. The molecule has 152 valence electrons. The average Bonchev–Trinajstić information content (AvgIpc) is 3.51. The van der Waals surface area contributed by atoms with Gasteiger partial charge in [0.25, 0.3) is 0 Å². The number of furan rings is 2. The molecule has 5 rings (SSSR count). The van der Waals surface area contributed by atoms with Crippen LogP contribution in [0, 0.1) is 10.1 Å². The lowest BCUT2D eigenvalue weighted by Crippen LogP contribution is -2.11. The second-order valence-electron chi connectivity index (χ2n) is 6.49. The first-order valence-corrected chi connectivity index (χ1v) is 10.1. The Morgan fingerprint density at radius 1 is 1.00 bits per heavy atom. The zero-order valence-corrected chi connectivity index (χ0v) is 16.7. The van der Waals surface area contributed by atoms with Crippen LogP contribution in [0.4, 0.5) is 11.6 Å². The van der Waals surface area contributed by atoms with E-state index in [1.165, 1.54) is 29.7 Å². The van der Waals surface area contributed by atoms with Crippen molar-refractivity contribution in [2.45, 2.75) is 0 Å². The van der Waals surface area contributed by atoms with Gasteiger partial charge in [-0.1, -0.05) is 36.4 Å². The first-order chi connectivity index (χ1) is 15.2. The minimum Gasteiger partial charge on any atom is -0.454 e. The maximum absolute atomic E-state index is 10.9. The van der Waals surface area contributed by atoms with Crippen molar-refractivity contribution in [1.82, 2.24) is 4.68 Å². The Kier molecular flexibility index (Phi) is 4.77. The summed E-state index contributed by atoms with van der Waals surface area (Å²) in [7, 11) is 0. The molecule has 0 N–H and O–H groups in total. The van der Waals surface area contributed by atoms with Crippen LogP contribution in [0.2, 0.25) is 0 Å². The second-order valence-corrected chi connectivity index (χ2v) is 7.33. The van der Waals surface area contributed by atoms with Crippen molar-refractivity contribution in [3.8, 4) is 11.5 Å². The van der Waals surface area contributed by atoms with E-state index in [1.54, 1.807) is 4.68 Å². The Hall–Kier alpha value is -4.24. The predicted octanol–water partition coefficient (Wildman–Crippen LogP) is 5.58. The summed E-state index contributed by atoms with van der Waals surface area (Å²) in [6.45, 7) is 0. The van der Waals surface area contributed by atoms with Crippen molar-refractivity contribution in [2.75, 3.05) is 0 Å². The van der Waals surface area contributed by atoms with Gasteiger partial charge in [-0.15, -0.1) is 11.3 Å². The Balaban J connectivity index is 1.63. The molecule has 0 spiro atoms. The van der Waals surface area contributed by atoms with Gasteiger partial charge in [-0.05, 0) is 30.3 Å². The number of fused-ring (bicyclic) bond motifs is 1. The number of hydrogen-bond donors (Lipinski definition) is 0. The number of aromatic nitrogens is 1. The molecular formula is C22H14N4O4S. The van der Waals surface area contributed by atoms with Gasteiger partial charge in [-0.2, -0.15) is 5.10 Å². The Bertz CT molecular complexity index is 1440. The number of rotatable bonds is 5. The lowest BCUT2D eigenvalue weighted by molar-refractivity contribution is -0.402. The normalized spacial score (nSPS) is 12.2. The van der Waals surface area contributed by atoms with Crippen LogP contribution in [0.15, 0.2) is 97.1 Å². The minimum atomic E-state index is -0.592. The Morgan fingerprint density at radius 3 is 2.58 bits per heavy atom. The van der Waals surface area contributed by atoms with Gasteiger partial charge in [0.05, 0.1) is 18.0 Å². The van der Waals surface area contributed by atoms with Gasteiger partial charge in [-0.25, -0.2) is 9.67 Å². The number of thiazole rings is 1. The number of para-hydroxylation sites is 2. The van der Waals surface area contributed by atoms with Crippen molar-refractivity contribution < 1.29 is 13.8 Å². The molecule has 0 amide bonds. The zero-order chi connectivity index (χ0) is 21.2. The van der Waals surface area contributed by atoms with E-state index >= 15 is 0 Å². The van der Waals surface area contributed by atoms with Gasteiger partial charge >= 0.3 is 5.88 Å². The van der Waals surface area contributed by atoms with Crippen molar-refractivity contribution in [2.24, 2.45) is 10.1 Å². The molecule has 3 heterocycles. The summed E-state index contributed by atoms with van der Waals surface area (Å²) in [5.74, 6) is 0.546. The van der Waals surface area contributed by atoms with Crippen LogP contribution < -0.4 is 4.80 Å². The average molecular weight is 430 g/mol. The monoisotopic (exact) mass is 430 g/mol. The SMILES string of the molecule is O=[N+]([O-])c1ccc(C=Nn2c(-c3cc4ccccc4o3)csc2=Nc2ccccc2)o1. The van der Waals surface area contributed by atoms with Crippen LogP contribution >= 0.6 is 11.3 Å². The number of nitro groups is 1. The Labute approximate surface area is 179 Å². The molecule has 3 aromatic heterocycles. The summed E-state index contributed by atoms with van der Waals surface area (Å²) < 4.78 is 12.8. The van der Waals surface area contributed by atoms with E-state index in [0.717, 1.165) is 16.7 Å². The highest BCUT2D eigenvalue weighted by molar-refractivity contribution is 7.07. The van der Waals surface area contributed by atoms with Gasteiger partial charge in [0, 0.05) is 10.8 Å². The second kappa shape index (κ2) is 7.88. The topological polar surface area (TPSA) is 99.1 Å².